The first-order chi connectivity index (χ1) is 36.7. The molecule has 74 heavy (non-hydrogen) atoms. The fourth-order valence-corrected chi connectivity index (χ4v) is 13.1. The smallest absolute Gasteiger partial charge is 0.0743 e. The predicted octanol–water partition coefficient (Wildman–Crippen LogP) is 17.8. The third-order valence-electron chi connectivity index (χ3n) is 16.4. The van der Waals surface area contributed by atoms with E-state index < -0.39 is 0 Å². The Hall–Kier alpha value is -9.45. The molecular weight excluding hydrogens is 899 g/mol. The lowest BCUT2D eigenvalue weighted by molar-refractivity contribution is 0.819. The molecule has 2 aliphatic heterocycles. The van der Waals surface area contributed by atoms with E-state index >= 15 is 0 Å². The van der Waals surface area contributed by atoms with Crippen molar-refractivity contribution in [2.45, 2.75) is 24.7 Å². The Labute approximate surface area is 428 Å². The summed E-state index contributed by atoms with van der Waals surface area (Å²) in [5.74, 6) is 0.607. The van der Waals surface area contributed by atoms with Crippen LogP contribution < -0.4 is 9.80 Å². The Kier molecular flexibility index (Phi) is 8.92. The zero-order valence-corrected chi connectivity index (χ0v) is 40.5. The number of hydrogen-bond donors (Lipinski definition) is 0. The molecule has 2 atom stereocenters. The van der Waals surface area contributed by atoms with Gasteiger partial charge in [-0.15, -0.1) is 0 Å². The Balaban J connectivity index is 0.773. The van der Waals surface area contributed by atoms with Gasteiger partial charge in [0, 0.05) is 79.1 Å². The molecule has 16 rings (SSSR count). The normalized spacial score (nSPS) is 16.7. The molecule has 5 heteroatoms. The van der Waals surface area contributed by atoms with Crippen LogP contribution in [-0.2, 0) is 0 Å². The maximum Gasteiger partial charge on any atom is 0.0743 e. The van der Waals surface area contributed by atoms with Crippen LogP contribution in [0.5, 0.6) is 0 Å². The molecule has 2 aliphatic carbocycles. The van der Waals surface area contributed by atoms with Gasteiger partial charge in [-0.05, 0) is 149 Å². The monoisotopic (exact) mass is 945 g/mol. The van der Waals surface area contributed by atoms with Crippen molar-refractivity contribution in [3.8, 4) is 22.5 Å². The summed E-state index contributed by atoms with van der Waals surface area (Å²) in [7, 11) is 0. The number of benzene rings is 9. The number of anilines is 4. The summed E-state index contributed by atoms with van der Waals surface area (Å²) in [6.45, 7) is 0. The van der Waals surface area contributed by atoms with E-state index in [1.165, 1.54) is 105 Å². The number of hydrogen-bond acceptors (Lipinski definition) is 3. The maximum absolute atomic E-state index is 5.08. The third-order valence-corrected chi connectivity index (χ3v) is 16.4. The molecule has 12 aromatic rings. The first kappa shape index (κ1) is 41.2. The van der Waals surface area contributed by atoms with Crippen molar-refractivity contribution in [3.63, 3.8) is 0 Å². The van der Waals surface area contributed by atoms with Gasteiger partial charge in [-0.25, -0.2) is 0 Å². The number of para-hydroxylation sites is 5. The summed E-state index contributed by atoms with van der Waals surface area (Å²) in [6, 6.07) is 78.3. The number of rotatable bonds is 6. The first-order valence-corrected chi connectivity index (χ1v) is 25.9. The molecule has 5 nitrogen and oxygen atoms in total. The highest BCUT2D eigenvalue weighted by molar-refractivity contribution is 6.13. The molecule has 0 saturated carbocycles. The van der Waals surface area contributed by atoms with Gasteiger partial charge in [0.1, 0.15) is 0 Å². The zero-order chi connectivity index (χ0) is 48.4. The van der Waals surface area contributed by atoms with Gasteiger partial charge < -0.3 is 18.9 Å². The molecule has 0 amide bonds. The van der Waals surface area contributed by atoms with E-state index in [1.807, 2.05) is 6.20 Å². The minimum atomic E-state index is 0.229. The molecule has 0 saturated heterocycles. The summed E-state index contributed by atoms with van der Waals surface area (Å²) in [5.41, 5.74) is 23.3. The van der Waals surface area contributed by atoms with Gasteiger partial charge in [0.2, 0.25) is 0 Å². The van der Waals surface area contributed by atoms with Crippen molar-refractivity contribution >= 4 is 82.8 Å². The van der Waals surface area contributed by atoms with E-state index in [0.29, 0.717) is 5.92 Å². The number of fused-ring (bicyclic) bond motifs is 13. The lowest BCUT2D eigenvalue weighted by Crippen LogP contribution is -2.16. The van der Waals surface area contributed by atoms with E-state index in [2.05, 4.69) is 262 Å². The van der Waals surface area contributed by atoms with Crippen LogP contribution in [0.2, 0.25) is 0 Å². The fraction of sp³-hybridized carbons (Fsp3) is 0.0580. The highest BCUT2D eigenvalue weighted by atomic mass is 15.2. The minimum Gasteiger partial charge on any atom is -0.313 e. The molecule has 2 unspecified atom stereocenters. The van der Waals surface area contributed by atoms with E-state index in [9.17, 15) is 0 Å². The van der Waals surface area contributed by atoms with Gasteiger partial charge in [0.15, 0.2) is 0 Å². The molecule has 4 aliphatic rings. The average molecular weight is 946 g/mol. The van der Waals surface area contributed by atoms with Crippen molar-refractivity contribution in [3.05, 3.63) is 277 Å². The summed E-state index contributed by atoms with van der Waals surface area (Å²) in [4.78, 5) is 10.0. The average Bonchev–Trinajstić information content (AvgIpc) is 4.19. The van der Waals surface area contributed by atoms with Gasteiger partial charge in [-0.3, -0.25) is 4.98 Å². The van der Waals surface area contributed by atoms with Crippen molar-refractivity contribution in [1.29, 1.82) is 0 Å². The number of pyridine rings is 1. The second-order valence-corrected chi connectivity index (χ2v) is 20.2. The summed E-state index contributed by atoms with van der Waals surface area (Å²) in [5, 5.41) is 6.07. The Bertz CT molecular complexity index is 4450. The van der Waals surface area contributed by atoms with Crippen molar-refractivity contribution in [1.82, 2.24) is 14.1 Å². The highest BCUT2D eigenvalue weighted by Gasteiger charge is 2.38. The second kappa shape index (κ2) is 16.0. The standard InChI is InChI=1S/C69H47N5/c1-3-15-48(16-4-1)71-61-23-11-7-19-51(61)55-32-27-46(41-68(55)71)44-29-35-65-58(39-44)53-21-9-13-25-63(53)73(65)50-31-34-57-60(43-50)70-38-37-67(57)74-64-26-14-10-22-54(64)59-40-45(30-36-66(59)74)47-28-33-56-52-20-8-12-24-62(52)72(69(56)42-47)49-17-5-2-6-18-49/h1-18,20-38,40-43,51,58H,19,39H2. The van der Waals surface area contributed by atoms with Crippen molar-refractivity contribution in [2.24, 2.45) is 0 Å². The van der Waals surface area contributed by atoms with Crippen LogP contribution in [0.1, 0.15) is 41.4 Å². The van der Waals surface area contributed by atoms with Crippen molar-refractivity contribution < 1.29 is 0 Å². The summed E-state index contributed by atoms with van der Waals surface area (Å²) >= 11 is 0. The summed E-state index contributed by atoms with van der Waals surface area (Å²) < 4.78 is 4.83. The highest BCUT2D eigenvalue weighted by Crippen LogP contribution is 2.55. The first-order valence-electron chi connectivity index (χ1n) is 25.9. The molecule has 0 bridgehead atoms. The van der Waals surface area contributed by atoms with Crippen LogP contribution in [-0.4, -0.2) is 14.1 Å². The topological polar surface area (TPSA) is 29.2 Å². The van der Waals surface area contributed by atoms with Gasteiger partial charge in [-0.2, -0.15) is 0 Å². The Morgan fingerprint density at radius 2 is 1.03 bits per heavy atom. The van der Waals surface area contributed by atoms with Gasteiger partial charge in [0.05, 0.1) is 39.0 Å². The van der Waals surface area contributed by atoms with Crippen LogP contribution >= 0.6 is 0 Å². The van der Waals surface area contributed by atoms with E-state index in [1.54, 1.807) is 0 Å². The SMILES string of the molecule is C1=CCC2C(=C1)N(c1ccccc1)c1cc(C3=CC=C4C(C3)c3ccccc3N4c3ccc4c(-n5c6ccccc6c6cc(-c7ccc8c9ccccc9n(-c9ccccc9)c8c7)ccc65)ccnc4c3)ccc12. The molecule has 348 valence electrons. The third kappa shape index (κ3) is 6.07. The van der Waals surface area contributed by atoms with Crippen molar-refractivity contribution in [2.75, 3.05) is 9.80 Å². The number of aromatic nitrogens is 3. The molecule has 9 aromatic carbocycles. The van der Waals surface area contributed by atoms with E-state index in [0.717, 1.165) is 40.8 Å². The van der Waals surface area contributed by atoms with Crippen LogP contribution in [0.3, 0.4) is 0 Å². The quantitative estimate of drug-likeness (QED) is 0.166. The van der Waals surface area contributed by atoms with E-state index in [4.69, 9.17) is 4.98 Å². The lowest BCUT2D eigenvalue weighted by Gasteiger charge is -2.27. The molecular formula is C69H47N5. The number of allylic oxidation sites excluding steroid dienone is 8. The Morgan fingerprint density at radius 3 is 1.89 bits per heavy atom. The van der Waals surface area contributed by atoms with Gasteiger partial charge >= 0.3 is 0 Å². The lowest BCUT2D eigenvalue weighted by atomic mass is 9.84. The van der Waals surface area contributed by atoms with Gasteiger partial charge in [-0.1, -0.05) is 140 Å². The Morgan fingerprint density at radius 1 is 0.378 bits per heavy atom. The minimum absolute atomic E-state index is 0.229. The zero-order valence-electron chi connectivity index (χ0n) is 40.5. The molecule has 3 aromatic heterocycles. The van der Waals surface area contributed by atoms with Crippen LogP contribution in [0.25, 0.3) is 82.6 Å². The molecule has 0 N–H and O–H groups in total. The second-order valence-electron chi connectivity index (χ2n) is 20.2. The maximum atomic E-state index is 5.08. The van der Waals surface area contributed by atoms with Crippen LogP contribution in [0.15, 0.2) is 260 Å². The molecule has 0 fully saturated rings. The fourth-order valence-electron chi connectivity index (χ4n) is 13.1. The number of nitrogens with zero attached hydrogens (tertiary/aromatic N) is 5. The van der Waals surface area contributed by atoms with Crippen LogP contribution in [0, 0.1) is 0 Å². The van der Waals surface area contributed by atoms with Gasteiger partial charge in [0.25, 0.3) is 0 Å². The predicted molar refractivity (Wildman–Crippen MR) is 307 cm³/mol. The van der Waals surface area contributed by atoms with Crippen LogP contribution in [0.4, 0.5) is 22.7 Å². The summed E-state index contributed by atoms with van der Waals surface area (Å²) in [6.07, 6.45) is 15.5. The van der Waals surface area contributed by atoms with E-state index in [-0.39, 0.29) is 5.92 Å². The molecule has 5 heterocycles. The molecule has 0 spiro atoms. The largest absolute Gasteiger partial charge is 0.313 e. The molecule has 0 radical (unpaired) electrons.